The van der Waals surface area contributed by atoms with E-state index in [0.29, 0.717) is 39.3 Å². The van der Waals surface area contributed by atoms with Gasteiger partial charge in [0.2, 0.25) is 6.79 Å². The molecule has 0 atom stereocenters. The zero-order valence-electron chi connectivity index (χ0n) is 21.0. The van der Waals surface area contributed by atoms with Crippen LogP contribution in [0.25, 0.3) is 27.7 Å². The fraction of sp³-hybridized carbons (Fsp3) is 0.107. The third-order valence-corrected chi connectivity index (χ3v) is 6.95. The van der Waals surface area contributed by atoms with E-state index >= 15 is 0 Å². The Morgan fingerprint density at radius 1 is 1.00 bits per heavy atom. The Bertz CT molecular complexity index is 2010. The fourth-order valence-electron chi connectivity index (χ4n) is 5.14. The summed E-state index contributed by atoms with van der Waals surface area (Å²) < 4.78 is 18.8. The molecule has 0 bridgehead atoms. The van der Waals surface area contributed by atoms with Crippen LogP contribution in [0.15, 0.2) is 71.7 Å². The SMILES string of the molecule is O=C(Cn1c2c(c3ccccc3c1=O)C(=O)c1cc3c(cc1-2)OCO3)OCc1cn(-c2ccccc2[N+](=O)[O-])nn1. The zero-order valence-corrected chi connectivity index (χ0v) is 21.0. The van der Waals surface area contributed by atoms with Crippen molar-refractivity contribution < 1.29 is 28.7 Å². The number of nitro groups is 1. The first-order valence-electron chi connectivity index (χ1n) is 12.4. The molecule has 2 aliphatic rings. The van der Waals surface area contributed by atoms with E-state index in [1.807, 2.05) is 0 Å². The van der Waals surface area contributed by atoms with Crippen LogP contribution in [0, 0.1) is 10.1 Å². The molecule has 0 fully saturated rings. The predicted octanol–water partition coefficient (Wildman–Crippen LogP) is 3.17. The van der Waals surface area contributed by atoms with Crippen LogP contribution in [0.3, 0.4) is 0 Å². The summed E-state index contributed by atoms with van der Waals surface area (Å²) in [4.78, 5) is 51.0. The average molecular weight is 551 g/mol. The summed E-state index contributed by atoms with van der Waals surface area (Å²) in [6, 6.07) is 16.0. The van der Waals surface area contributed by atoms with Gasteiger partial charge in [0, 0.05) is 28.0 Å². The monoisotopic (exact) mass is 551 g/mol. The number of nitro benzene ring substituents is 1. The largest absolute Gasteiger partial charge is 0.458 e. The van der Waals surface area contributed by atoms with E-state index in [0.717, 1.165) is 0 Å². The second kappa shape index (κ2) is 9.12. The topological polar surface area (TPSA) is 158 Å². The lowest BCUT2D eigenvalue weighted by Gasteiger charge is -2.14. The quantitative estimate of drug-likeness (QED) is 0.171. The zero-order chi connectivity index (χ0) is 28.2. The molecule has 202 valence electrons. The van der Waals surface area contributed by atoms with Crippen LogP contribution in [0.5, 0.6) is 11.5 Å². The molecule has 0 saturated carbocycles. The van der Waals surface area contributed by atoms with Gasteiger partial charge < -0.3 is 14.2 Å². The molecule has 1 aliphatic carbocycles. The lowest BCUT2D eigenvalue weighted by Crippen LogP contribution is -2.27. The fourth-order valence-corrected chi connectivity index (χ4v) is 5.14. The lowest BCUT2D eigenvalue weighted by molar-refractivity contribution is -0.384. The minimum atomic E-state index is -0.758. The van der Waals surface area contributed by atoms with Crippen molar-refractivity contribution >= 4 is 28.2 Å². The number of rotatable bonds is 6. The summed E-state index contributed by atoms with van der Waals surface area (Å²) >= 11 is 0. The molecule has 0 unspecified atom stereocenters. The number of para-hydroxylation sites is 2. The van der Waals surface area contributed by atoms with Crippen molar-refractivity contribution in [3.63, 3.8) is 0 Å². The number of benzene rings is 3. The minimum absolute atomic E-state index is 0.0123. The summed E-state index contributed by atoms with van der Waals surface area (Å²) in [7, 11) is 0. The highest BCUT2D eigenvalue weighted by Crippen LogP contribution is 2.45. The standard InChI is InChI=1S/C28H17N5O8/c34-24(39-13-15-11-32(30-29-15)20-7-3-4-8-21(20)33(37)38)12-31-26-18-9-22-23(41-14-40-22)10-19(18)27(35)25(26)16-5-1-2-6-17(16)28(31)36/h1-11H,12-14H2. The first-order valence-corrected chi connectivity index (χ1v) is 12.4. The van der Waals surface area contributed by atoms with Gasteiger partial charge in [-0.2, -0.15) is 0 Å². The number of fused-ring (bicyclic) bond motifs is 6. The van der Waals surface area contributed by atoms with E-state index in [1.54, 1.807) is 42.5 Å². The molecule has 0 spiro atoms. The average Bonchev–Trinajstić information content (AvgIpc) is 3.71. The van der Waals surface area contributed by atoms with Crippen LogP contribution >= 0.6 is 0 Å². The molecular weight excluding hydrogens is 534 g/mol. The van der Waals surface area contributed by atoms with Crippen LogP contribution in [-0.4, -0.2) is 43.0 Å². The van der Waals surface area contributed by atoms with Crippen molar-refractivity contribution in [2.24, 2.45) is 0 Å². The number of nitrogens with zero attached hydrogens (tertiary/aromatic N) is 5. The Kier molecular flexibility index (Phi) is 5.38. The van der Waals surface area contributed by atoms with Gasteiger partial charge in [-0.25, -0.2) is 4.68 Å². The summed E-state index contributed by atoms with van der Waals surface area (Å²) in [5, 5.41) is 19.9. The second-order valence-electron chi connectivity index (χ2n) is 9.30. The van der Waals surface area contributed by atoms with E-state index in [4.69, 9.17) is 14.2 Å². The van der Waals surface area contributed by atoms with Crippen molar-refractivity contribution in [3.05, 3.63) is 104 Å². The van der Waals surface area contributed by atoms with Gasteiger partial charge in [0.25, 0.3) is 11.2 Å². The maximum atomic E-state index is 13.6. The molecule has 7 rings (SSSR count). The Labute approximate surface area is 229 Å². The minimum Gasteiger partial charge on any atom is -0.458 e. The third kappa shape index (κ3) is 3.82. The predicted molar refractivity (Wildman–Crippen MR) is 141 cm³/mol. The normalized spacial score (nSPS) is 12.8. The van der Waals surface area contributed by atoms with E-state index in [2.05, 4.69) is 10.3 Å². The molecule has 3 aromatic carbocycles. The van der Waals surface area contributed by atoms with Crippen LogP contribution in [0.1, 0.15) is 21.6 Å². The van der Waals surface area contributed by atoms with E-state index < -0.39 is 23.0 Å². The highest BCUT2D eigenvalue weighted by Gasteiger charge is 2.35. The maximum absolute atomic E-state index is 13.6. The number of esters is 1. The number of ether oxygens (including phenoxy) is 3. The van der Waals surface area contributed by atoms with Gasteiger partial charge in [-0.3, -0.25) is 29.1 Å². The number of pyridine rings is 1. The highest BCUT2D eigenvalue weighted by molar-refractivity contribution is 6.27. The Balaban J connectivity index is 1.21. The second-order valence-corrected chi connectivity index (χ2v) is 9.30. The van der Waals surface area contributed by atoms with Crippen molar-refractivity contribution in [1.82, 2.24) is 19.6 Å². The number of carbonyl (C=O) groups is 2. The van der Waals surface area contributed by atoms with Crippen LogP contribution in [0.4, 0.5) is 5.69 Å². The summed E-state index contributed by atoms with van der Waals surface area (Å²) in [6.45, 7) is -0.762. The van der Waals surface area contributed by atoms with E-state index in [-0.39, 0.29) is 41.6 Å². The molecule has 2 aromatic heterocycles. The van der Waals surface area contributed by atoms with E-state index in [9.17, 15) is 24.5 Å². The molecule has 41 heavy (non-hydrogen) atoms. The molecule has 0 amide bonds. The Hall–Kier alpha value is -5.85. The van der Waals surface area contributed by atoms with Crippen LogP contribution < -0.4 is 15.0 Å². The number of hydrogen-bond acceptors (Lipinski definition) is 10. The number of carbonyl (C=O) groups excluding carboxylic acids is 2. The number of ketones is 1. The molecular formula is C28H17N5O8. The van der Waals surface area contributed by atoms with Crippen molar-refractivity contribution in [3.8, 4) is 28.4 Å². The van der Waals surface area contributed by atoms with Gasteiger partial charge in [-0.15, -0.1) is 5.10 Å². The number of hydrogen-bond donors (Lipinski definition) is 0. The van der Waals surface area contributed by atoms with E-state index in [1.165, 1.54) is 33.6 Å². The van der Waals surface area contributed by atoms with Gasteiger partial charge >= 0.3 is 5.97 Å². The summed E-state index contributed by atoms with van der Waals surface area (Å²) in [5.41, 5.74) is 1.21. The summed E-state index contributed by atoms with van der Waals surface area (Å²) in [6.07, 6.45) is 1.41. The first-order chi connectivity index (χ1) is 19.9. The third-order valence-electron chi connectivity index (χ3n) is 6.95. The molecule has 5 aromatic rings. The molecule has 13 heteroatoms. The lowest BCUT2D eigenvalue weighted by atomic mass is 10.0. The smallest absolute Gasteiger partial charge is 0.326 e. The van der Waals surface area contributed by atoms with Crippen LogP contribution in [0.2, 0.25) is 0 Å². The maximum Gasteiger partial charge on any atom is 0.326 e. The molecule has 0 saturated heterocycles. The van der Waals surface area contributed by atoms with Gasteiger partial charge in [0.05, 0.1) is 22.4 Å². The van der Waals surface area contributed by atoms with Gasteiger partial charge in [-0.05, 0) is 24.3 Å². The molecule has 0 radical (unpaired) electrons. The van der Waals surface area contributed by atoms with Crippen molar-refractivity contribution in [2.75, 3.05) is 6.79 Å². The van der Waals surface area contributed by atoms with Crippen molar-refractivity contribution in [2.45, 2.75) is 13.2 Å². The molecule has 3 heterocycles. The number of aromatic nitrogens is 4. The van der Waals surface area contributed by atoms with Gasteiger partial charge in [0.1, 0.15) is 24.5 Å². The summed E-state index contributed by atoms with van der Waals surface area (Å²) in [5.74, 6) is -0.193. The highest BCUT2D eigenvalue weighted by atomic mass is 16.7. The Morgan fingerprint density at radius 3 is 2.49 bits per heavy atom. The van der Waals surface area contributed by atoms with Crippen molar-refractivity contribution in [1.29, 1.82) is 0 Å². The van der Waals surface area contributed by atoms with Gasteiger partial charge in [0.15, 0.2) is 17.3 Å². The van der Waals surface area contributed by atoms with Crippen LogP contribution in [-0.2, 0) is 22.7 Å². The van der Waals surface area contributed by atoms with Gasteiger partial charge in [-0.1, -0.05) is 35.5 Å². The molecule has 1 aliphatic heterocycles. The first kappa shape index (κ1) is 24.2. The Morgan fingerprint density at radius 2 is 1.71 bits per heavy atom. The molecule has 0 N–H and O–H groups in total. The molecule has 13 nitrogen and oxygen atoms in total.